The molecule has 2 aromatic carbocycles. The van der Waals surface area contributed by atoms with E-state index in [9.17, 15) is 14.0 Å². The van der Waals surface area contributed by atoms with E-state index in [1.807, 2.05) is 26.0 Å². The third-order valence-corrected chi connectivity index (χ3v) is 2.95. The first-order valence-electron chi connectivity index (χ1n) is 6.16. The van der Waals surface area contributed by atoms with E-state index in [0.717, 1.165) is 23.3 Å². The summed E-state index contributed by atoms with van der Waals surface area (Å²) in [5, 5.41) is 2.58. The molecular weight excluding hydrogens is 257 g/mol. The van der Waals surface area contributed by atoms with Crippen molar-refractivity contribution in [3.63, 3.8) is 0 Å². The molecule has 2 aromatic rings. The van der Waals surface area contributed by atoms with Gasteiger partial charge in [0.05, 0.1) is 0 Å². The summed E-state index contributed by atoms with van der Waals surface area (Å²) in [5.41, 5.74) is 2.62. The summed E-state index contributed by atoms with van der Waals surface area (Å²) in [4.78, 5) is 23.8. The lowest BCUT2D eigenvalue weighted by Gasteiger charge is -2.08. The van der Waals surface area contributed by atoms with Gasteiger partial charge in [-0.05, 0) is 55.3 Å². The average molecular weight is 271 g/mol. The minimum Gasteiger partial charge on any atom is -0.319 e. The second kappa shape index (κ2) is 5.65. The number of Topliss-reactive ketones (excluding diaryl/α,β-unsaturated/α-hetero) is 1. The quantitative estimate of drug-likeness (QED) is 0.688. The van der Waals surface area contributed by atoms with Crippen molar-refractivity contribution in [2.24, 2.45) is 0 Å². The average Bonchev–Trinajstić information content (AvgIpc) is 2.43. The Balaban J connectivity index is 2.17. The fourth-order valence-electron chi connectivity index (χ4n) is 1.78. The van der Waals surface area contributed by atoms with Gasteiger partial charge < -0.3 is 5.32 Å². The second-order valence-electron chi connectivity index (χ2n) is 4.61. The molecule has 102 valence electrons. The normalized spacial score (nSPS) is 10.2. The summed E-state index contributed by atoms with van der Waals surface area (Å²) >= 11 is 0. The van der Waals surface area contributed by atoms with Crippen LogP contribution in [0.4, 0.5) is 10.1 Å². The second-order valence-corrected chi connectivity index (χ2v) is 4.61. The zero-order valence-electron chi connectivity index (χ0n) is 11.2. The van der Waals surface area contributed by atoms with Gasteiger partial charge in [0, 0.05) is 11.3 Å². The Hall–Kier alpha value is -2.49. The van der Waals surface area contributed by atoms with Crippen molar-refractivity contribution < 1.29 is 14.0 Å². The molecule has 0 heterocycles. The summed E-state index contributed by atoms with van der Waals surface area (Å²) in [6.07, 6.45) is 0. The highest BCUT2D eigenvalue weighted by Crippen LogP contribution is 2.16. The predicted molar refractivity (Wildman–Crippen MR) is 75.3 cm³/mol. The molecule has 4 heteroatoms. The van der Waals surface area contributed by atoms with Crippen LogP contribution < -0.4 is 5.32 Å². The molecule has 0 aliphatic rings. The minimum atomic E-state index is -0.731. The molecule has 0 aromatic heterocycles. The number of amides is 1. The Kier molecular flexibility index (Phi) is 3.94. The number of ketones is 1. The number of hydrogen-bond acceptors (Lipinski definition) is 2. The van der Waals surface area contributed by atoms with Crippen LogP contribution in [0.2, 0.25) is 0 Å². The van der Waals surface area contributed by atoms with E-state index in [-0.39, 0.29) is 5.56 Å². The molecule has 0 aliphatic carbocycles. The van der Waals surface area contributed by atoms with Gasteiger partial charge in [0.1, 0.15) is 5.82 Å². The van der Waals surface area contributed by atoms with Gasteiger partial charge in [-0.15, -0.1) is 0 Å². The van der Waals surface area contributed by atoms with Crippen LogP contribution in [0.1, 0.15) is 21.5 Å². The van der Waals surface area contributed by atoms with Crippen molar-refractivity contribution in [3.05, 3.63) is 65.0 Å². The molecule has 0 bridgehead atoms. The number of carbonyl (C=O) groups is 2. The fraction of sp³-hybridized carbons (Fsp3) is 0.125. The van der Waals surface area contributed by atoms with E-state index in [4.69, 9.17) is 0 Å². The summed E-state index contributed by atoms with van der Waals surface area (Å²) in [6.45, 7) is 3.74. The molecule has 1 amide bonds. The van der Waals surface area contributed by atoms with Crippen LogP contribution in [0.15, 0.2) is 42.5 Å². The highest BCUT2D eigenvalue weighted by Gasteiger charge is 2.17. The first-order valence-corrected chi connectivity index (χ1v) is 6.16. The standard InChI is InChI=1S/C16H14FNO2/c1-10-3-4-11(2)14(9-10)18-16(20)15(19)12-5-7-13(17)8-6-12/h3-9H,1-2H3,(H,18,20). The number of aryl methyl sites for hydroxylation is 2. The monoisotopic (exact) mass is 271 g/mol. The molecule has 0 saturated carbocycles. The van der Waals surface area contributed by atoms with Crippen LogP contribution >= 0.6 is 0 Å². The van der Waals surface area contributed by atoms with Gasteiger partial charge in [0.25, 0.3) is 11.7 Å². The van der Waals surface area contributed by atoms with Gasteiger partial charge in [-0.3, -0.25) is 9.59 Å². The maximum absolute atomic E-state index is 12.8. The van der Waals surface area contributed by atoms with Crippen molar-refractivity contribution >= 4 is 17.4 Å². The van der Waals surface area contributed by atoms with Crippen molar-refractivity contribution in [1.29, 1.82) is 0 Å². The van der Waals surface area contributed by atoms with Crippen LogP contribution in [-0.4, -0.2) is 11.7 Å². The molecule has 0 atom stereocenters. The largest absolute Gasteiger partial charge is 0.319 e. The fourth-order valence-corrected chi connectivity index (χ4v) is 1.78. The molecule has 0 saturated heterocycles. The Morgan fingerprint density at radius 2 is 1.65 bits per heavy atom. The van der Waals surface area contributed by atoms with Gasteiger partial charge in [-0.25, -0.2) is 4.39 Å². The molecule has 20 heavy (non-hydrogen) atoms. The minimum absolute atomic E-state index is 0.161. The molecule has 0 radical (unpaired) electrons. The Labute approximate surface area is 116 Å². The summed E-state index contributed by atoms with van der Waals surface area (Å²) in [6, 6.07) is 10.5. The van der Waals surface area contributed by atoms with Crippen LogP contribution in [0.5, 0.6) is 0 Å². The van der Waals surface area contributed by atoms with E-state index in [2.05, 4.69) is 5.32 Å². The Morgan fingerprint density at radius 3 is 2.30 bits per heavy atom. The Bertz CT molecular complexity index is 663. The van der Waals surface area contributed by atoms with Crippen molar-refractivity contribution in [3.8, 4) is 0 Å². The molecule has 0 aliphatic heterocycles. The molecule has 1 N–H and O–H groups in total. The predicted octanol–water partition coefficient (Wildman–Crippen LogP) is 3.26. The molecule has 0 spiro atoms. The van der Waals surface area contributed by atoms with Gasteiger partial charge in [0.2, 0.25) is 0 Å². The first-order chi connectivity index (χ1) is 9.47. The van der Waals surface area contributed by atoms with E-state index >= 15 is 0 Å². The lowest BCUT2D eigenvalue weighted by atomic mass is 10.1. The maximum atomic E-state index is 12.8. The lowest BCUT2D eigenvalue weighted by Crippen LogP contribution is -2.23. The van der Waals surface area contributed by atoms with E-state index in [0.29, 0.717) is 5.69 Å². The number of carbonyl (C=O) groups excluding carboxylic acids is 2. The first kappa shape index (κ1) is 13.9. The van der Waals surface area contributed by atoms with Gasteiger partial charge in [0.15, 0.2) is 0 Å². The van der Waals surface area contributed by atoms with Crippen molar-refractivity contribution in [2.45, 2.75) is 13.8 Å². The highest BCUT2D eigenvalue weighted by molar-refractivity contribution is 6.46. The lowest BCUT2D eigenvalue weighted by molar-refractivity contribution is -0.112. The van der Waals surface area contributed by atoms with E-state index in [1.54, 1.807) is 6.07 Å². The van der Waals surface area contributed by atoms with Crippen molar-refractivity contribution in [2.75, 3.05) is 5.32 Å². The number of rotatable bonds is 3. The van der Waals surface area contributed by atoms with Crippen LogP contribution in [0.25, 0.3) is 0 Å². The number of halogens is 1. The highest BCUT2D eigenvalue weighted by atomic mass is 19.1. The van der Waals surface area contributed by atoms with E-state index in [1.165, 1.54) is 12.1 Å². The smallest absolute Gasteiger partial charge is 0.296 e. The number of benzene rings is 2. The van der Waals surface area contributed by atoms with Gasteiger partial charge in [-0.1, -0.05) is 12.1 Å². The molecule has 3 nitrogen and oxygen atoms in total. The van der Waals surface area contributed by atoms with Crippen LogP contribution in [0, 0.1) is 19.7 Å². The van der Waals surface area contributed by atoms with E-state index < -0.39 is 17.5 Å². The molecule has 2 rings (SSSR count). The third-order valence-electron chi connectivity index (χ3n) is 2.95. The number of nitrogens with one attached hydrogen (secondary N) is 1. The van der Waals surface area contributed by atoms with Crippen LogP contribution in [0.3, 0.4) is 0 Å². The zero-order chi connectivity index (χ0) is 14.7. The summed E-state index contributed by atoms with van der Waals surface area (Å²) < 4.78 is 12.8. The number of anilines is 1. The topological polar surface area (TPSA) is 46.2 Å². The molecular formula is C16H14FNO2. The summed E-state index contributed by atoms with van der Waals surface area (Å²) in [7, 11) is 0. The zero-order valence-corrected chi connectivity index (χ0v) is 11.2. The SMILES string of the molecule is Cc1ccc(C)c(NC(=O)C(=O)c2ccc(F)cc2)c1. The van der Waals surface area contributed by atoms with Gasteiger partial charge >= 0.3 is 0 Å². The molecule has 0 unspecified atom stereocenters. The van der Waals surface area contributed by atoms with Gasteiger partial charge in [-0.2, -0.15) is 0 Å². The number of hydrogen-bond donors (Lipinski definition) is 1. The van der Waals surface area contributed by atoms with Crippen molar-refractivity contribution in [1.82, 2.24) is 0 Å². The maximum Gasteiger partial charge on any atom is 0.296 e. The Morgan fingerprint density at radius 1 is 1.00 bits per heavy atom. The molecule has 0 fully saturated rings. The third kappa shape index (κ3) is 3.09. The van der Waals surface area contributed by atoms with Crippen LogP contribution in [-0.2, 0) is 4.79 Å². The summed E-state index contributed by atoms with van der Waals surface area (Å²) in [5.74, 6) is -1.87.